The number of para-hydroxylation sites is 1. The molecule has 1 saturated heterocycles. The van der Waals surface area contributed by atoms with Gasteiger partial charge in [-0.05, 0) is 43.5 Å². The molecule has 136 valence electrons. The Balaban J connectivity index is 2.16. The predicted molar refractivity (Wildman–Crippen MR) is 81.1 cm³/mol. The van der Waals surface area contributed by atoms with Gasteiger partial charge >= 0.3 is 12.4 Å². The highest BCUT2D eigenvalue weighted by molar-refractivity contribution is 5.86. The molecule has 2 aromatic rings. The van der Waals surface area contributed by atoms with Gasteiger partial charge in [-0.25, -0.2) is 4.98 Å². The minimum Gasteiger partial charge on any atom is -0.314 e. The summed E-state index contributed by atoms with van der Waals surface area (Å²) in [7, 11) is 0. The molecular formula is C17H16F6N2. The summed E-state index contributed by atoms with van der Waals surface area (Å²) < 4.78 is 79.0. The van der Waals surface area contributed by atoms with Gasteiger partial charge in [-0.2, -0.15) is 26.3 Å². The average molecular weight is 362 g/mol. The van der Waals surface area contributed by atoms with E-state index in [-0.39, 0.29) is 23.4 Å². The summed E-state index contributed by atoms with van der Waals surface area (Å²) in [5.41, 5.74) is -2.84. The molecule has 0 amide bonds. The Kier molecular flexibility index (Phi) is 4.66. The number of nitrogens with zero attached hydrogens (tertiary/aromatic N) is 1. The highest BCUT2D eigenvalue weighted by atomic mass is 19.4. The molecular weight excluding hydrogens is 346 g/mol. The maximum absolute atomic E-state index is 13.2. The largest absolute Gasteiger partial charge is 0.433 e. The van der Waals surface area contributed by atoms with Crippen molar-refractivity contribution < 1.29 is 26.3 Å². The van der Waals surface area contributed by atoms with Gasteiger partial charge in [0.2, 0.25) is 0 Å². The highest BCUT2D eigenvalue weighted by Crippen LogP contribution is 2.38. The molecule has 1 atom stereocenters. The van der Waals surface area contributed by atoms with Crippen molar-refractivity contribution >= 4 is 10.9 Å². The summed E-state index contributed by atoms with van der Waals surface area (Å²) in [6, 6.07) is 4.19. The lowest BCUT2D eigenvalue weighted by molar-refractivity contribution is -0.142. The van der Waals surface area contributed by atoms with Gasteiger partial charge in [0.15, 0.2) is 0 Å². The third-order valence-corrected chi connectivity index (χ3v) is 4.40. The van der Waals surface area contributed by atoms with Crippen LogP contribution in [0.5, 0.6) is 0 Å². The Bertz CT molecular complexity index is 760. The molecule has 0 spiro atoms. The van der Waals surface area contributed by atoms with E-state index < -0.39 is 29.1 Å². The Morgan fingerprint density at radius 2 is 1.80 bits per heavy atom. The molecule has 2 nitrogen and oxygen atoms in total. The van der Waals surface area contributed by atoms with E-state index in [1.165, 1.54) is 12.1 Å². The van der Waals surface area contributed by atoms with Gasteiger partial charge in [0, 0.05) is 11.4 Å². The first-order valence-electron chi connectivity index (χ1n) is 7.96. The number of fused-ring (bicyclic) bond motifs is 1. The summed E-state index contributed by atoms with van der Waals surface area (Å²) in [5, 5.41) is 3.33. The van der Waals surface area contributed by atoms with Crippen LogP contribution < -0.4 is 5.32 Å². The fourth-order valence-corrected chi connectivity index (χ4v) is 3.23. The van der Waals surface area contributed by atoms with Crippen molar-refractivity contribution in [2.24, 2.45) is 0 Å². The highest BCUT2D eigenvalue weighted by Gasteiger charge is 2.37. The van der Waals surface area contributed by atoms with E-state index in [2.05, 4.69) is 10.3 Å². The van der Waals surface area contributed by atoms with Gasteiger partial charge in [-0.15, -0.1) is 0 Å². The van der Waals surface area contributed by atoms with Crippen molar-refractivity contribution in [1.82, 2.24) is 10.3 Å². The molecule has 1 aliphatic heterocycles. The molecule has 0 aliphatic carbocycles. The molecule has 1 aromatic heterocycles. The lowest BCUT2D eigenvalue weighted by Gasteiger charge is -2.24. The van der Waals surface area contributed by atoms with Gasteiger partial charge in [0.1, 0.15) is 5.69 Å². The lowest BCUT2D eigenvalue weighted by Crippen LogP contribution is -2.35. The molecule has 0 radical (unpaired) electrons. The molecule has 0 saturated carbocycles. The van der Waals surface area contributed by atoms with Crippen LogP contribution in [0, 0.1) is 0 Å². The van der Waals surface area contributed by atoms with Crippen LogP contribution in [0.25, 0.3) is 10.9 Å². The van der Waals surface area contributed by atoms with Crippen LogP contribution in [0.1, 0.15) is 36.1 Å². The smallest absolute Gasteiger partial charge is 0.314 e. The third kappa shape index (κ3) is 3.89. The van der Waals surface area contributed by atoms with E-state index in [1.54, 1.807) is 0 Å². The minimum atomic E-state index is -4.80. The quantitative estimate of drug-likeness (QED) is 0.764. The van der Waals surface area contributed by atoms with Crippen LogP contribution in [0.3, 0.4) is 0 Å². The number of alkyl halides is 6. The molecule has 1 aliphatic rings. The Hall–Kier alpha value is -1.83. The Morgan fingerprint density at radius 3 is 2.40 bits per heavy atom. The molecule has 1 N–H and O–H groups in total. The van der Waals surface area contributed by atoms with Crippen molar-refractivity contribution in [1.29, 1.82) is 0 Å². The summed E-state index contributed by atoms with van der Waals surface area (Å²) in [6.45, 7) is 0.758. The molecule has 0 bridgehead atoms. The Morgan fingerprint density at radius 1 is 1.04 bits per heavy atom. The number of benzene rings is 1. The predicted octanol–water partition coefficient (Wildman–Crippen LogP) is 4.96. The Labute approximate surface area is 140 Å². The molecule has 1 fully saturated rings. The van der Waals surface area contributed by atoms with E-state index in [0.717, 1.165) is 37.9 Å². The first-order chi connectivity index (χ1) is 11.7. The SMILES string of the molecule is FC(F)(F)c1cc(CC2CCCCN2)c2cccc(C(F)(F)F)c2n1. The zero-order valence-corrected chi connectivity index (χ0v) is 13.1. The van der Waals surface area contributed by atoms with Crippen molar-refractivity contribution in [2.45, 2.75) is 44.1 Å². The van der Waals surface area contributed by atoms with Gasteiger partial charge < -0.3 is 5.32 Å². The number of aromatic nitrogens is 1. The summed E-state index contributed by atoms with van der Waals surface area (Å²) in [4.78, 5) is 3.30. The second kappa shape index (κ2) is 6.48. The zero-order chi connectivity index (χ0) is 18.2. The fourth-order valence-electron chi connectivity index (χ4n) is 3.23. The zero-order valence-electron chi connectivity index (χ0n) is 13.1. The van der Waals surface area contributed by atoms with Crippen LogP contribution in [0.4, 0.5) is 26.3 Å². The number of hydrogen-bond acceptors (Lipinski definition) is 2. The number of piperidine rings is 1. The van der Waals surface area contributed by atoms with Crippen LogP contribution in [-0.2, 0) is 18.8 Å². The van der Waals surface area contributed by atoms with E-state index in [1.807, 2.05) is 0 Å². The van der Waals surface area contributed by atoms with Crippen LogP contribution >= 0.6 is 0 Å². The average Bonchev–Trinajstić information content (AvgIpc) is 2.53. The third-order valence-electron chi connectivity index (χ3n) is 4.40. The topological polar surface area (TPSA) is 24.9 Å². The number of pyridine rings is 1. The van der Waals surface area contributed by atoms with E-state index >= 15 is 0 Å². The second-order valence-corrected chi connectivity index (χ2v) is 6.21. The number of hydrogen-bond donors (Lipinski definition) is 1. The standard InChI is InChI=1S/C17H16F6N2/c18-16(19,20)13-6-3-5-12-10(8-11-4-1-2-7-24-11)9-14(17(21,22)23)25-15(12)13/h3,5-6,9,11,24H,1-2,4,7-8H2. The van der Waals surface area contributed by atoms with Crippen LogP contribution in [0.15, 0.2) is 24.3 Å². The second-order valence-electron chi connectivity index (χ2n) is 6.21. The molecule has 2 heterocycles. The van der Waals surface area contributed by atoms with Crippen molar-refractivity contribution in [2.75, 3.05) is 6.54 Å². The first kappa shape index (κ1) is 18.0. The van der Waals surface area contributed by atoms with Gasteiger partial charge in [-0.3, -0.25) is 0 Å². The minimum absolute atomic E-state index is 0.0463. The molecule has 1 unspecified atom stereocenters. The first-order valence-corrected chi connectivity index (χ1v) is 7.96. The van der Waals surface area contributed by atoms with Gasteiger partial charge in [0.05, 0.1) is 11.1 Å². The summed E-state index contributed by atoms with van der Waals surface area (Å²) >= 11 is 0. The van der Waals surface area contributed by atoms with Crippen molar-refractivity contribution in [3.8, 4) is 0 Å². The number of halogens is 6. The van der Waals surface area contributed by atoms with E-state index in [9.17, 15) is 26.3 Å². The summed E-state index contributed by atoms with van der Waals surface area (Å²) in [6.07, 6.45) is -6.62. The maximum Gasteiger partial charge on any atom is 0.433 e. The fraction of sp³-hybridized carbons (Fsp3) is 0.471. The monoisotopic (exact) mass is 362 g/mol. The van der Waals surface area contributed by atoms with Crippen LogP contribution in [0.2, 0.25) is 0 Å². The van der Waals surface area contributed by atoms with Crippen molar-refractivity contribution in [3.05, 3.63) is 41.1 Å². The molecule has 25 heavy (non-hydrogen) atoms. The van der Waals surface area contributed by atoms with Gasteiger partial charge in [-0.1, -0.05) is 18.6 Å². The van der Waals surface area contributed by atoms with Crippen LogP contribution in [-0.4, -0.2) is 17.6 Å². The molecule has 3 rings (SSSR count). The normalized spacial score (nSPS) is 19.4. The lowest BCUT2D eigenvalue weighted by atomic mass is 9.94. The van der Waals surface area contributed by atoms with E-state index in [4.69, 9.17) is 0 Å². The number of nitrogens with one attached hydrogen (secondary N) is 1. The molecule has 1 aromatic carbocycles. The number of rotatable bonds is 2. The summed E-state index contributed by atoms with van der Waals surface area (Å²) in [5.74, 6) is 0. The maximum atomic E-state index is 13.2. The van der Waals surface area contributed by atoms with E-state index in [0.29, 0.717) is 0 Å². The van der Waals surface area contributed by atoms with Gasteiger partial charge in [0.25, 0.3) is 0 Å². The molecule has 8 heteroatoms. The van der Waals surface area contributed by atoms with Crippen molar-refractivity contribution in [3.63, 3.8) is 0 Å².